The SMILES string of the molecule is CCCCNCC(=O)Nc1cc(Cl)c(Cl)cc1Cl. The van der Waals surface area contributed by atoms with Crippen LogP contribution < -0.4 is 10.6 Å². The molecule has 0 spiro atoms. The Kier molecular flexibility index (Phi) is 6.79. The lowest BCUT2D eigenvalue weighted by Crippen LogP contribution is -2.28. The van der Waals surface area contributed by atoms with Crippen molar-refractivity contribution >= 4 is 46.4 Å². The second-order valence-electron chi connectivity index (χ2n) is 3.82. The zero-order chi connectivity index (χ0) is 13.5. The van der Waals surface area contributed by atoms with E-state index < -0.39 is 0 Å². The molecule has 0 aliphatic heterocycles. The van der Waals surface area contributed by atoms with Gasteiger partial charge in [-0.25, -0.2) is 0 Å². The van der Waals surface area contributed by atoms with Gasteiger partial charge in [0.1, 0.15) is 0 Å². The average Bonchev–Trinajstić information content (AvgIpc) is 2.32. The minimum Gasteiger partial charge on any atom is -0.324 e. The minimum absolute atomic E-state index is 0.161. The molecular formula is C12H15Cl3N2O. The Labute approximate surface area is 122 Å². The van der Waals surface area contributed by atoms with E-state index in [1.165, 1.54) is 12.1 Å². The molecule has 1 amide bonds. The summed E-state index contributed by atoms with van der Waals surface area (Å²) in [5.74, 6) is -0.161. The molecule has 0 atom stereocenters. The van der Waals surface area contributed by atoms with Crippen LogP contribution in [0.3, 0.4) is 0 Å². The molecule has 1 aromatic carbocycles. The fraction of sp³-hybridized carbons (Fsp3) is 0.417. The van der Waals surface area contributed by atoms with Gasteiger partial charge in [-0.1, -0.05) is 48.1 Å². The molecule has 0 aliphatic rings. The van der Waals surface area contributed by atoms with Crippen molar-refractivity contribution in [1.82, 2.24) is 5.32 Å². The van der Waals surface area contributed by atoms with Crippen LogP contribution in [-0.4, -0.2) is 19.0 Å². The van der Waals surface area contributed by atoms with E-state index in [0.29, 0.717) is 20.8 Å². The molecule has 3 nitrogen and oxygen atoms in total. The zero-order valence-corrected chi connectivity index (χ0v) is 12.3. The lowest BCUT2D eigenvalue weighted by Gasteiger charge is -2.09. The van der Waals surface area contributed by atoms with Crippen LogP contribution in [0.5, 0.6) is 0 Å². The van der Waals surface area contributed by atoms with Gasteiger partial charge < -0.3 is 10.6 Å². The quantitative estimate of drug-likeness (QED) is 0.616. The molecule has 0 saturated carbocycles. The number of hydrogen-bond acceptors (Lipinski definition) is 2. The first-order valence-electron chi connectivity index (χ1n) is 5.69. The summed E-state index contributed by atoms with van der Waals surface area (Å²) >= 11 is 17.6. The third-order valence-corrected chi connectivity index (χ3v) is 3.31. The summed E-state index contributed by atoms with van der Waals surface area (Å²) in [6.45, 7) is 3.16. The second kappa shape index (κ2) is 7.85. The number of amides is 1. The van der Waals surface area contributed by atoms with Gasteiger partial charge in [-0.05, 0) is 25.1 Å². The van der Waals surface area contributed by atoms with E-state index in [1.807, 2.05) is 0 Å². The van der Waals surface area contributed by atoms with Gasteiger partial charge in [0.2, 0.25) is 5.91 Å². The summed E-state index contributed by atoms with van der Waals surface area (Å²) in [6.07, 6.45) is 2.13. The maximum absolute atomic E-state index is 11.6. The second-order valence-corrected chi connectivity index (χ2v) is 5.05. The highest BCUT2D eigenvalue weighted by Crippen LogP contribution is 2.32. The molecule has 0 radical (unpaired) electrons. The van der Waals surface area contributed by atoms with Crippen molar-refractivity contribution in [2.75, 3.05) is 18.4 Å². The monoisotopic (exact) mass is 308 g/mol. The number of hydrogen-bond donors (Lipinski definition) is 2. The largest absolute Gasteiger partial charge is 0.324 e. The van der Waals surface area contributed by atoms with E-state index >= 15 is 0 Å². The third-order valence-electron chi connectivity index (χ3n) is 2.28. The first-order valence-corrected chi connectivity index (χ1v) is 6.83. The van der Waals surface area contributed by atoms with Gasteiger partial charge in [0, 0.05) is 0 Å². The number of halogens is 3. The lowest BCUT2D eigenvalue weighted by molar-refractivity contribution is -0.115. The highest BCUT2D eigenvalue weighted by molar-refractivity contribution is 6.44. The number of unbranched alkanes of at least 4 members (excludes halogenated alkanes) is 1. The Morgan fingerprint density at radius 2 is 1.83 bits per heavy atom. The van der Waals surface area contributed by atoms with Crippen molar-refractivity contribution in [1.29, 1.82) is 0 Å². The molecule has 0 aliphatic carbocycles. The average molecular weight is 310 g/mol. The summed E-state index contributed by atoms with van der Waals surface area (Å²) in [6, 6.07) is 3.04. The van der Waals surface area contributed by atoms with Crippen molar-refractivity contribution in [3.05, 3.63) is 27.2 Å². The molecule has 100 valence electrons. The summed E-state index contributed by atoms with van der Waals surface area (Å²) in [7, 11) is 0. The Hall–Kier alpha value is -0.480. The fourth-order valence-corrected chi connectivity index (χ4v) is 1.91. The van der Waals surface area contributed by atoms with Crippen LogP contribution in [0.15, 0.2) is 12.1 Å². The Morgan fingerprint density at radius 3 is 2.50 bits per heavy atom. The van der Waals surface area contributed by atoms with Gasteiger partial charge in [-0.2, -0.15) is 0 Å². The summed E-state index contributed by atoms with van der Waals surface area (Å²) in [5, 5.41) is 6.80. The van der Waals surface area contributed by atoms with E-state index in [4.69, 9.17) is 34.8 Å². The van der Waals surface area contributed by atoms with Crippen molar-refractivity contribution in [2.24, 2.45) is 0 Å². The smallest absolute Gasteiger partial charge is 0.238 e. The van der Waals surface area contributed by atoms with Crippen LogP contribution in [0, 0.1) is 0 Å². The molecule has 2 N–H and O–H groups in total. The van der Waals surface area contributed by atoms with Gasteiger partial charge in [0.25, 0.3) is 0 Å². The van der Waals surface area contributed by atoms with Crippen molar-refractivity contribution in [3.8, 4) is 0 Å². The predicted octanol–water partition coefficient (Wildman–Crippen LogP) is 3.98. The van der Waals surface area contributed by atoms with E-state index in [9.17, 15) is 4.79 Å². The number of carbonyl (C=O) groups excluding carboxylic acids is 1. The fourth-order valence-electron chi connectivity index (χ4n) is 1.32. The highest BCUT2D eigenvalue weighted by Gasteiger charge is 2.08. The van der Waals surface area contributed by atoms with Crippen LogP contribution in [0.4, 0.5) is 5.69 Å². The summed E-state index contributed by atoms with van der Waals surface area (Å²) in [4.78, 5) is 11.6. The molecule has 0 heterocycles. The van der Waals surface area contributed by atoms with Gasteiger partial charge in [-0.3, -0.25) is 4.79 Å². The topological polar surface area (TPSA) is 41.1 Å². The molecule has 0 fully saturated rings. The standard InChI is InChI=1S/C12H15Cl3N2O/c1-2-3-4-16-7-12(18)17-11-6-9(14)8(13)5-10(11)15/h5-6,16H,2-4,7H2,1H3,(H,17,18). The Balaban J connectivity index is 2.51. The summed E-state index contributed by atoms with van der Waals surface area (Å²) in [5.41, 5.74) is 0.466. The van der Waals surface area contributed by atoms with Gasteiger partial charge in [-0.15, -0.1) is 0 Å². The molecule has 0 aromatic heterocycles. The van der Waals surface area contributed by atoms with Gasteiger partial charge in [0.15, 0.2) is 0 Å². The molecule has 0 bridgehead atoms. The minimum atomic E-state index is -0.161. The number of rotatable bonds is 6. The Morgan fingerprint density at radius 1 is 1.17 bits per heavy atom. The molecule has 0 saturated heterocycles. The van der Waals surface area contributed by atoms with Gasteiger partial charge >= 0.3 is 0 Å². The van der Waals surface area contributed by atoms with Crippen LogP contribution in [0.1, 0.15) is 19.8 Å². The number of anilines is 1. The van der Waals surface area contributed by atoms with Crippen molar-refractivity contribution < 1.29 is 4.79 Å². The van der Waals surface area contributed by atoms with Crippen molar-refractivity contribution in [3.63, 3.8) is 0 Å². The normalized spacial score (nSPS) is 10.4. The molecule has 0 unspecified atom stereocenters. The van der Waals surface area contributed by atoms with E-state index in [0.717, 1.165) is 19.4 Å². The third kappa shape index (κ3) is 5.02. The molecule has 1 aromatic rings. The molecule has 1 rings (SSSR count). The highest BCUT2D eigenvalue weighted by atomic mass is 35.5. The molecular weight excluding hydrogens is 295 g/mol. The molecule has 6 heteroatoms. The number of carbonyl (C=O) groups is 1. The van der Waals surface area contributed by atoms with Crippen molar-refractivity contribution in [2.45, 2.75) is 19.8 Å². The first kappa shape index (κ1) is 15.6. The molecule has 18 heavy (non-hydrogen) atoms. The zero-order valence-electron chi connectivity index (χ0n) is 10.0. The van der Waals surface area contributed by atoms with Crippen LogP contribution in [-0.2, 0) is 4.79 Å². The Bertz CT molecular complexity index is 424. The van der Waals surface area contributed by atoms with E-state index in [2.05, 4.69) is 17.6 Å². The van der Waals surface area contributed by atoms with Gasteiger partial charge in [0.05, 0.1) is 27.3 Å². The van der Waals surface area contributed by atoms with Crippen LogP contribution >= 0.6 is 34.8 Å². The van der Waals surface area contributed by atoms with E-state index in [-0.39, 0.29) is 12.5 Å². The predicted molar refractivity (Wildman–Crippen MR) is 77.9 cm³/mol. The maximum atomic E-state index is 11.6. The van der Waals surface area contributed by atoms with Crippen LogP contribution in [0.25, 0.3) is 0 Å². The first-order chi connectivity index (χ1) is 8.54. The van der Waals surface area contributed by atoms with E-state index in [1.54, 1.807) is 0 Å². The lowest BCUT2D eigenvalue weighted by atomic mass is 10.3. The maximum Gasteiger partial charge on any atom is 0.238 e. The van der Waals surface area contributed by atoms with Crippen LogP contribution in [0.2, 0.25) is 15.1 Å². The number of benzene rings is 1. The number of nitrogens with one attached hydrogen (secondary N) is 2. The summed E-state index contributed by atoms with van der Waals surface area (Å²) < 4.78 is 0.